The second-order valence-corrected chi connectivity index (χ2v) is 8.61. The predicted molar refractivity (Wildman–Crippen MR) is 115 cm³/mol. The summed E-state index contributed by atoms with van der Waals surface area (Å²) in [5, 5.41) is 10.1. The molecule has 1 fully saturated rings. The zero-order valence-corrected chi connectivity index (χ0v) is 18.3. The second kappa shape index (κ2) is 8.91. The molecule has 1 aliphatic rings. The van der Waals surface area contributed by atoms with Crippen LogP contribution < -0.4 is 5.32 Å². The Morgan fingerprint density at radius 2 is 2.10 bits per heavy atom. The summed E-state index contributed by atoms with van der Waals surface area (Å²) in [5.74, 6) is 1.47. The van der Waals surface area contributed by atoms with Crippen LogP contribution in [0.4, 0.5) is 10.8 Å². The zero-order valence-electron chi connectivity index (χ0n) is 17.5. The largest absolute Gasteiger partial charge is 0.342 e. The lowest BCUT2D eigenvalue weighted by Gasteiger charge is -2.32. The van der Waals surface area contributed by atoms with Crippen molar-refractivity contribution in [1.82, 2.24) is 25.0 Å². The van der Waals surface area contributed by atoms with Gasteiger partial charge in [-0.2, -0.15) is 4.98 Å². The molecule has 0 spiro atoms. The molecule has 1 saturated heterocycles. The van der Waals surface area contributed by atoms with Gasteiger partial charge in [0.05, 0.1) is 5.69 Å². The quantitative estimate of drug-likeness (QED) is 0.638. The van der Waals surface area contributed by atoms with Crippen LogP contribution in [0, 0.1) is 20.8 Å². The van der Waals surface area contributed by atoms with Crippen LogP contribution in [0.1, 0.15) is 54.0 Å². The molecule has 3 aromatic heterocycles. The molecule has 158 valence electrons. The molecule has 1 amide bonds. The van der Waals surface area contributed by atoms with E-state index in [4.69, 9.17) is 9.51 Å². The summed E-state index contributed by atoms with van der Waals surface area (Å²) >= 11 is 1.59. The first-order valence-corrected chi connectivity index (χ1v) is 11.1. The first-order valence-electron chi connectivity index (χ1n) is 10.2. The first-order chi connectivity index (χ1) is 14.5. The number of rotatable bonds is 6. The molecule has 0 bridgehead atoms. The van der Waals surface area contributed by atoms with Gasteiger partial charge in [-0.25, -0.2) is 4.98 Å². The Kier molecular flexibility index (Phi) is 6.08. The summed E-state index contributed by atoms with van der Waals surface area (Å²) < 4.78 is 5.12. The minimum atomic E-state index is 0.125. The van der Waals surface area contributed by atoms with Gasteiger partial charge in [-0.15, -0.1) is 11.3 Å². The third kappa shape index (κ3) is 5.02. The van der Waals surface area contributed by atoms with Crippen LogP contribution in [0.5, 0.6) is 0 Å². The fraction of sp³-hybridized carbons (Fsp3) is 0.476. The minimum Gasteiger partial charge on any atom is -0.342 e. The molecule has 1 aliphatic heterocycles. The minimum absolute atomic E-state index is 0.125. The smallest absolute Gasteiger partial charge is 0.227 e. The van der Waals surface area contributed by atoms with Crippen LogP contribution in [-0.2, 0) is 11.2 Å². The van der Waals surface area contributed by atoms with Gasteiger partial charge in [-0.05, 0) is 45.7 Å². The van der Waals surface area contributed by atoms with Crippen molar-refractivity contribution in [2.24, 2.45) is 0 Å². The number of likely N-dealkylation sites (tertiary alicyclic amines) is 1. The number of aryl methyl sites for hydroxylation is 4. The number of pyridine rings is 1. The van der Waals surface area contributed by atoms with Crippen molar-refractivity contribution in [3.8, 4) is 0 Å². The molecular weight excluding hydrogens is 400 g/mol. The molecule has 4 heterocycles. The highest BCUT2D eigenvalue weighted by molar-refractivity contribution is 7.13. The van der Waals surface area contributed by atoms with E-state index in [0.29, 0.717) is 31.1 Å². The molecule has 1 atom stereocenters. The average Bonchev–Trinajstić information content (AvgIpc) is 3.33. The Morgan fingerprint density at radius 3 is 2.83 bits per heavy atom. The monoisotopic (exact) mass is 426 g/mol. The van der Waals surface area contributed by atoms with E-state index >= 15 is 0 Å². The van der Waals surface area contributed by atoms with Gasteiger partial charge < -0.3 is 14.7 Å². The van der Waals surface area contributed by atoms with Crippen LogP contribution >= 0.6 is 11.3 Å². The Hall–Kier alpha value is -2.81. The lowest BCUT2D eigenvalue weighted by Crippen LogP contribution is -2.39. The Morgan fingerprint density at radius 1 is 1.23 bits per heavy atom. The number of carbonyl (C=O) groups excluding carboxylic acids is 1. The molecule has 3 aromatic rings. The molecule has 0 aliphatic carbocycles. The van der Waals surface area contributed by atoms with Gasteiger partial charge in [0.2, 0.25) is 11.8 Å². The number of piperidine rings is 1. The van der Waals surface area contributed by atoms with E-state index in [1.807, 2.05) is 30.2 Å². The van der Waals surface area contributed by atoms with E-state index in [-0.39, 0.29) is 11.8 Å². The van der Waals surface area contributed by atoms with Crippen molar-refractivity contribution in [2.45, 2.75) is 52.4 Å². The summed E-state index contributed by atoms with van der Waals surface area (Å²) in [5.41, 5.74) is 3.97. The van der Waals surface area contributed by atoms with E-state index in [9.17, 15) is 4.79 Å². The SMILES string of the molecule is Cc1cc(Nc2nc(C)cs2)cc([C@@H]2CCCN(C(=O)CCc3nc(C)no3)C2)n1. The molecule has 4 rings (SSSR count). The van der Waals surface area contributed by atoms with E-state index < -0.39 is 0 Å². The van der Waals surface area contributed by atoms with Crippen LogP contribution in [-0.4, -0.2) is 44.0 Å². The fourth-order valence-electron chi connectivity index (χ4n) is 3.77. The van der Waals surface area contributed by atoms with E-state index in [0.717, 1.165) is 47.3 Å². The number of thiazole rings is 1. The van der Waals surface area contributed by atoms with Crippen molar-refractivity contribution >= 4 is 28.1 Å². The van der Waals surface area contributed by atoms with Crippen molar-refractivity contribution in [1.29, 1.82) is 0 Å². The Bertz CT molecular complexity index is 1030. The highest BCUT2D eigenvalue weighted by Crippen LogP contribution is 2.29. The first kappa shape index (κ1) is 20.5. The zero-order chi connectivity index (χ0) is 21.1. The van der Waals surface area contributed by atoms with Crippen molar-refractivity contribution in [2.75, 3.05) is 18.4 Å². The van der Waals surface area contributed by atoms with E-state index in [1.165, 1.54) is 0 Å². The molecule has 0 aromatic carbocycles. The number of anilines is 2. The predicted octanol–water partition coefficient (Wildman–Crippen LogP) is 3.93. The maximum Gasteiger partial charge on any atom is 0.227 e. The maximum atomic E-state index is 12.7. The standard InChI is InChI=1S/C21H26N6O2S/c1-13-9-17(25-21-23-14(2)12-30-21)10-18(22-13)16-5-4-8-27(11-16)20(28)7-6-19-24-15(3)26-29-19/h9-10,12,16H,4-8,11H2,1-3H3,(H,22,23,25)/t16-/m1/s1. The number of hydrogen-bond donors (Lipinski definition) is 1. The van der Waals surface area contributed by atoms with Gasteiger partial charge in [-0.1, -0.05) is 5.16 Å². The Labute approximate surface area is 179 Å². The number of carbonyl (C=O) groups is 1. The van der Waals surface area contributed by atoms with Crippen LogP contribution in [0.2, 0.25) is 0 Å². The third-order valence-corrected chi connectivity index (χ3v) is 6.03. The molecule has 0 saturated carbocycles. The summed E-state index contributed by atoms with van der Waals surface area (Å²) in [4.78, 5) is 28.1. The summed E-state index contributed by atoms with van der Waals surface area (Å²) in [6.07, 6.45) is 2.86. The molecule has 0 radical (unpaired) electrons. The number of aromatic nitrogens is 4. The fourth-order valence-corrected chi connectivity index (χ4v) is 4.48. The summed E-state index contributed by atoms with van der Waals surface area (Å²) in [6.45, 7) is 7.23. The maximum absolute atomic E-state index is 12.7. The molecule has 1 N–H and O–H groups in total. The molecule has 8 nitrogen and oxygen atoms in total. The van der Waals surface area contributed by atoms with Crippen molar-refractivity contribution < 1.29 is 9.32 Å². The van der Waals surface area contributed by atoms with Gasteiger partial charge >= 0.3 is 0 Å². The lowest BCUT2D eigenvalue weighted by molar-refractivity contribution is -0.132. The van der Waals surface area contributed by atoms with Crippen LogP contribution in [0.25, 0.3) is 0 Å². The number of hydrogen-bond acceptors (Lipinski definition) is 8. The highest BCUT2D eigenvalue weighted by atomic mass is 32.1. The number of amides is 1. The van der Waals surface area contributed by atoms with Crippen molar-refractivity contribution in [3.05, 3.63) is 46.3 Å². The second-order valence-electron chi connectivity index (χ2n) is 7.76. The average molecular weight is 427 g/mol. The van der Waals surface area contributed by atoms with Crippen molar-refractivity contribution in [3.63, 3.8) is 0 Å². The normalized spacial score (nSPS) is 16.6. The molecule has 30 heavy (non-hydrogen) atoms. The third-order valence-electron chi connectivity index (χ3n) is 5.16. The van der Waals surface area contributed by atoms with Gasteiger partial charge in [0.15, 0.2) is 11.0 Å². The molecular formula is C21H26N6O2S. The van der Waals surface area contributed by atoms with Crippen LogP contribution in [0.15, 0.2) is 22.0 Å². The van der Waals surface area contributed by atoms with Gasteiger partial charge in [-0.3, -0.25) is 9.78 Å². The van der Waals surface area contributed by atoms with Gasteiger partial charge in [0.25, 0.3) is 0 Å². The van der Waals surface area contributed by atoms with Crippen LogP contribution in [0.3, 0.4) is 0 Å². The lowest BCUT2D eigenvalue weighted by atomic mass is 9.93. The van der Waals surface area contributed by atoms with Gasteiger partial charge in [0.1, 0.15) is 0 Å². The van der Waals surface area contributed by atoms with E-state index in [2.05, 4.69) is 26.5 Å². The summed E-state index contributed by atoms with van der Waals surface area (Å²) in [7, 11) is 0. The topological polar surface area (TPSA) is 97.0 Å². The summed E-state index contributed by atoms with van der Waals surface area (Å²) in [6, 6.07) is 4.11. The van der Waals surface area contributed by atoms with E-state index in [1.54, 1.807) is 18.3 Å². The van der Waals surface area contributed by atoms with Gasteiger partial charge in [0, 0.05) is 54.3 Å². The molecule has 9 heteroatoms. The number of nitrogens with zero attached hydrogens (tertiary/aromatic N) is 5. The highest BCUT2D eigenvalue weighted by Gasteiger charge is 2.26. The Balaban J connectivity index is 1.41. The molecule has 0 unspecified atom stereocenters. The number of nitrogens with one attached hydrogen (secondary N) is 1.